The first-order chi connectivity index (χ1) is 12.6. The standard InChI is InChI=1S/C20H24N2O4/c1-13(20(24)22-5-7-25-8-6-22)21-19(23)11-16-12-26-18-10-15-4-2-3-14(15)9-17(16)18/h9-10,12-13H,2-8,11H2,1H3,(H,21,23)/t13-/m0/s1. The lowest BCUT2D eigenvalue weighted by molar-refractivity contribution is -0.139. The molecule has 4 rings (SSSR count). The molecule has 2 aliphatic rings. The number of nitrogens with zero attached hydrogens (tertiary/aromatic N) is 1. The van der Waals surface area contributed by atoms with Crippen LogP contribution in [0.25, 0.3) is 11.0 Å². The van der Waals surface area contributed by atoms with Crippen molar-refractivity contribution in [1.82, 2.24) is 10.2 Å². The Morgan fingerprint density at radius 1 is 1.19 bits per heavy atom. The molecule has 0 bridgehead atoms. The van der Waals surface area contributed by atoms with Crippen LogP contribution in [0.1, 0.15) is 30.0 Å². The number of furan rings is 1. The van der Waals surface area contributed by atoms with Gasteiger partial charge in [-0.1, -0.05) is 0 Å². The van der Waals surface area contributed by atoms with E-state index in [1.807, 2.05) is 0 Å². The molecule has 0 unspecified atom stereocenters. The van der Waals surface area contributed by atoms with E-state index in [0.717, 1.165) is 29.4 Å². The Bertz CT molecular complexity index is 836. The highest BCUT2D eigenvalue weighted by molar-refractivity contribution is 5.91. The predicted octanol–water partition coefficient (Wildman–Crippen LogP) is 1.83. The van der Waals surface area contributed by atoms with E-state index in [0.29, 0.717) is 26.3 Å². The summed E-state index contributed by atoms with van der Waals surface area (Å²) in [5, 5.41) is 3.83. The average Bonchev–Trinajstić information content (AvgIpc) is 3.26. The number of amides is 2. The maximum absolute atomic E-state index is 12.4. The molecular formula is C20H24N2O4. The highest BCUT2D eigenvalue weighted by Gasteiger charge is 2.24. The van der Waals surface area contributed by atoms with Gasteiger partial charge in [0.2, 0.25) is 11.8 Å². The van der Waals surface area contributed by atoms with Crippen LogP contribution >= 0.6 is 0 Å². The Balaban J connectivity index is 1.41. The average molecular weight is 356 g/mol. The maximum atomic E-state index is 12.4. The summed E-state index contributed by atoms with van der Waals surface area (Å²) in [6.45, 7) is 4.00. The monoisotopic (exact) mass is 356 g/mol. The fourth-order valence-corrected chi connectivity index (χ4v) is 3.87. The van der Waals surface area contributed by atoms with E-state index in [4.69, 9.17) is 9.15 Å². The number of carbonyl (C=O) groups excluding carboxylic acids is 2. The summed E-state index contributed by atoms with van der Waals surface area (Å²) in [6.07, 6.45) is 5.25. The molecule has 138 valence electrons. The largest absolute Gasteiger partial charge is 0.464 e. The summed E-state index contributed by atoms with van der Waals surface area (Å²) >= 11 is 0. The molecule has 1 aromatic heterocycles. The van der Waals surface area contributed by atoms with Crippen molar-refractivity contribution in [3.05, 3.63) is 35.1 Å². The zero-order valence-electron chi connectivity index (χ0n) is 15.0. The minimum absolute atomic E-state index is 0.0588. The SMILES string of the molecule is C[C@H](NC(=O)Cc1coc2cc3c(cc12)CCC3)C(=O)N1CCOCC1. The van der Waals surface area contributed by atoms with Gasteiger partial charge in [-0.15, -0.1) is 0 Å². The van der Waals surface area contributed by atoms with Crippen LogP contribution in [-0.4, -0.2) is 49.1 Å². The van der Waals surface area contributed by atoms with Gasteiger partial charge in [-0.3, -0.25) is 9.59 Å². The minimum atomic E-state index is -0.539. The number of rotatable bonds is 4. The molecule has 2 heterocycles. The molecule has 6 heteroatoms. The van der Waals surface area contributed by atoms with E-state index in [-0.39, 0.29) is 18.2 Å². The van der Waals surface area contributed by atoms with Crippen molar-refractivity contribution in [3.63, 3.8) is 0 Å². The highest BCUT2D eigenvalue weighted by Crippen LogP contribution is 2.30. The van der Waals surface area contributed by atoms with Crippen LogP contribution in [0.5, 0.6) is 0 Å². The smallest absolute Gasteiger partial charge is 0.245 e. The van der Waals surface area contributed by atoms with Crippen molar-refractivity contribution in [2.45, 2.75) is 38.6 Å². The highest BCUT2D eigenvalue weighted by atomic mass is 16.5. The number of hydrogen-bond donors (Lipinski definition) is 1. The summed E-state index contributed by atoms with van der Waals surface area (Å²) in [7, 11) is 0. The minimum Gasteiger partial charge on any atom is -0.464 e. The van der Waals surface area contributed by atoms with Gasteiger partial charge in [-0.25, -0.2) is 0 Å². The number of benzene rings is 1. The lowest BCUT2D eigenvalue weighted by Crippen LogP contribution is -2.50. The third-order valence-corrected chi connectivity index (χ3v) is 5.29. The number of morpholine rings is 1. The quantitative estimate of drug-likeness (QED) is 0.907. The topological polar surface area (TPSA) is 71.8 Å². The number of ether oxygens (including phenoxy) is 1. The number of hydrogen-bond acceptors (Lipinski definition) is 4. The first kappa shape index (κ1) is 17.1. The van der Waals surface area contributed by atoms with Gasteiger partial charge in [-0.05, 0) is 49.4 Å². The molecule has 1 aromatic carbocycles. The van der Waals surface area contributed by atoms with Gasteiger partial charge in [0.05, 0.1) is 25.9 Å². The van der Waals surface area contributed by atoms with Crippen molar-refractivity contribution < 1.29 is 18.7 Å². The molecule has 1 aliphatic heterocycles. The molecule has 0 radical (unpaired) electrons. The van der Waals surface area contributed by atoms with Gasteiger partial charge >= 0.3 is 0 Å². The third-order valence-electron chi connectivity index (χ3n) is 5.29. The first-order valence-corrected chi connectivity index (χ1v) is 9.29. The molecule has 1 aliphatic carbocycles. The summed E-state index contributed by atoms with van der Waals surface area (Å²) in [6, 6.07) is 3.72. The number of carbonyl (C=O) groups is 2. The molecule has 26 heavy (non-hydrogen) atoms. The first-order valence-electron chi connectivity index (χ1n) is 9.29. The molecule has 6 nitrogen and oxygen atoms in total. The molecule has 1 atom stereocenters. The number of fused-ring (bicyclic) bond motifs is 2. The molecule has 2 amide bonds. The van der Waals surface area contributed by atoms with Gasteiger partial charge in [0.25, 0.3) is 0 Å². The molecule has 2 aromatic rings. The Kier molecular flexibility index (Phi) is 4.68. The van der Waals surface area contributed by atoms with Gasteiger partial charge in [0.15, 0.2) is 0 Å². The van der Waals surface area contributed by atoms with Crippen molar-refractivity contribution in [2.75, 3.05) is 26.3 Å². The van der Waals surface area contributed by atoms with Crippen molar-refractivity contribution in [1.29, 1.82) is 0 Å². The van der Waals surface area contributed by atoms with E-state index in [2.05, 4.69) is 17.4 Å². The zero-order valence-corrected chi connectivity index (χ0v) is 15.0. The van der Waals surface area contributed by atoms with E-state index in [9.17, 15) is 9.59 Å². The Morgan fingerprint density at radius 2 is 1.92 bits per heavy atom. The van der Waals surface area contributed by atoms with Gasteiger partial charge < -0.3 is 19.4 Å². The Morgan fingerprint density at radius 3 is 2.69 bits per heavy atom. The van der Waals surface area contributed by atoms with E-state index < -0.39 is 6.04 Å². The van der Waals surface area contributed by atoms with Crippen LogP contribution in [0.3, 0.4) is 0 Å². The second-order valence-corrected chi connectivity index (χ2v) is 7.14. The van der Waals surface area contributed by atoms with Crippen molar-refractivity contribution in [2.24, 2.45) is 0 Å². The fraction of sp³-hybridized carbons (Fsp3) is 0.500. The summed E-state index contributed by atoms with van der Waals surface area (Å²) in [4.78, 5) is 26.6. The zero-order chi connectivity index (χ0) is 18.1. The fourth-order valence-electron chi connectivity index (χ4n) is 3.87. The summed E-state index contributed by atoms with van der Waals surface area (Å²) < 4.78 is 10.9. The van der Waals surface area contributed by atoms with Crippen LogP contribution in [-0.2, 0) is 33.6 Å². The lowest BCUT2D eigenvalue weighted by atomic mass is 10.0. The van der Waals surface area contributed by atoms with E-state index in [1.165, 1.54) is 17.5 Å². The van der Waals surface area contributed by atoms with Crippen LogP contribution < -0.4 is 5.32 Å². The molecule has 1 saturated heterocycles. The molecule has 0 saturated carbocycles. The van der Waals surface area contributed by atoms with Crippen LogP contribution in [0.15, 0.2) is 22.8 Å². The third kappa shape index (κ3) is 3.33. The second kappa shape index (κ2) is 7.11. The number of nitrogens with one attached hydrogen (secondary N) is 1. The Labute approximate surface area is 152 Å². The molecule has 0 spiro atoms. The normalized spacial score (nSPS) is 18.0. The van der Waals surface area contributed by atoms with Gasteiger partial charge in [-0.2, -0.15) is 0 Å². The predicted molar refractivity (Wildman–Crippen MR) is 96.9 cm³/mol. The van der Waals surface area contributed by atoms with Crippen molar-refractivity contribution in [3.8, 4) is 0 Å². The molecule has 1 fully saturated rings. The molecule has 1 N–H and O–H groups in total. The van der Waals surface area contributed by atoms with Crippen LogP contribution in [0, 0.1) is 0 Å². The van der Waals surface area contributed by atoms with Crippen molar-refractivity contribution >= 4 is 22.8 Å². The second-order valence-electron chi connectivity index (χ2n) is 7.14. The van der Waals surface area contributed by atoms with Crippen LogP contribution in [0.4, 0.5) is 0 Å². The molecular weight excluding hydrogens is 332 g/mol. The van der Waals surface area contributed by atoms with Gasteiger partial charge in [0, 0.05) is 24.0 Å². The number of aryl methyl sites for hydroxylation is 2. The summed E-state index contributed by atoms with van der Waals surface area (Å²) in [5.74, 6) is -0.223. The summed E-state index contributed by atoms with van der Waals surface area (Å²) in [5.41, 5.74) is 4.42. The maximum Gasteiger partial charge on any atom is 0.245 e. The Hall–Kier alpha value is -2.34. The van der Waals surface area contributed by atoms with E-state index in [1.54, 1.807) is 18.1 Å². The lowest BCUT2D eigenvalue weighted by Gasteiger charge is -2.29. The van der Waals surface area contributed by atoms with E-state index >= 15 is 0 Å². The van der Waals surface area contributed by atoms with Gasteiger partial charge in [0.1, 0.15) is 11.6 Å². The van der Waals surface area contributed by atoms with Crippen LogP contribution in [0.2, 0.25) is 0 Å².